The molecule has 0 N–H and O–H groups in total. The number of hydrogen-bond donors (Lipinski definition) is 0. The summed E-state index contributed by atoms with van der Waals surface area (Å²) < 4.78 is 31.2. The van der Waals surface area contributed by atoms with Crippen molar-refractivity contribution in [3.8, 4) is 0 Å². The molecule has 0 aromatic heterocycles. The molecule has 1 atom stereocenters. The fraction of sp³-hybridized carbons (Fsp3) is 0.400. The van der Waals surface area contributed by atoms with Crippen molar-refractivity contribution >= 4 is 21.9 Å². The average Bonchev–Trinajstić information content (AvgIpc) is 2.24. The number of rotatable bonds is 6. The van der Waals surface area contributed by atoms with Crippen LogP contribution in [-0.2, 0) is 19.7 Å². The van der Waals surface area contributed by atoms with Crippen LogP contribution in [0.15, 0.2) is 25.3 Å². The number of hydrogen-bond acceptors (Lipinski definition) is 7. The first kappa shape index (κ1) is 28.6. The zero-order valence-electron chi connectivity index (χ0n) is 12.2. The Morgan fingerprint density at radius 1 is 1.20 bits per heavy atom. The van der Waals surface area contributed by atoms with E-state index in [1.807, 2.05) is 0 Å². The molecule has 0 spiro atoms. The number of ketones is 1. The number of likely N-dealkylation sites (N-methyl/N-ethyl adjacent to an activating group) is 1. The van der Waals surface area contributed by atoms with Gasteiger partial charge >= 0.3 is 59.1 Å². The van der Waals surface area contributed by atoms with E-state index in [4.69, 9.17) is 9.90 Å². The Balaban J connectivity index is -0.000000158. The molecule has 0 aliphatic rings. The summed E-state index contributed by atoms with van der Waals surface area (Å²) in [5.74, 6) is -2.42. The Bertz CT molecular complexity index is 421. The molecule has 0 rings (SSSR count). The Morgan fingerprint density at radius 3 is 1.70 bits per heavy atom. The second-order valence-corrected chi connectivity index (χ2v) is 4.78. The van der Waals surface area contributed by atoms with Gasteiger partial charge in [0.25, 0.3) is 0 Å². The van der Waals surface area contributed by atoms with Gasteiger partial charge in [0.2, 0.25) is 0 Å². The van der Waals surface area contributed by atoms with Gasteiger partial charge in [-0.1, -0.05) is 13.2 Å². The van der Waals surface area contributed by atoms with Crippen molar-refractivity contribution in [1.29, 1.82) is 0 Å². The zero-order chi connectivity index (χ0) is 14.9. The van der Waals surface area contributed by atoms with Crippen molar-refractivity contribution < 1.29 is 86.8 Å². The quantitative estimate of drug-likeness (QED) is 0.271. The van der Waals surface area contributed by atoms with Crippen LogP contribution >= 0.6 is 0 Å². The minimum Gasteiger partial charge on any atom is -0.748 e. The molecule has 0 radical (unpaired) electrons. The molecule has 7 nitrogen and oxygen atoms in total. The number of carbonyl (C=O) groups excluding carboxylic acids is 2. The smallest absolute Gasteiger partial charge is 0.748 e. The third-order valence-electron chi connectivity index (χ3n) is 1.68. The third-order valence-corrected chi connectivity index (χ3v) is 2.41. The molecule has 0 fully saturated rings. The van der Waals surface area contributed by atoms with Crippen LogP contribution in [0.4, 0.5) is 0 Å². The van der Waals surface area contributed by atoms with Crippen LogP contribution in [-0.4, -0.2) is 55.5 Å². The van der Waals surface area contributed by atoms with E-state index >= 15 is 0 Å². The number of carboxylic acid groups (broad SMARTS) is 1. The summed E-state index contributed by atoms with van der Waals surface area (Å²) in [7, 11) is -1.33. The van der Waals surface area contributed by atoms with Gasteiger partial charge in [-0.25, -0.2) is 8.42 Å². The molecule has 10 heteroatoms. The number of nitrogens with zero attached hydrogens (tertiary/aromatic N) is 1. The first-order chi connectivity index (χ1) is 8.05. The van der Waals surface area contributed by atoms with Gasteiger partial charge in [0.15, 0.2) is 5.78 Å². The Hall–Kier alpha value is 0.490. The van der Waals surface area contributed by atoms with Crippen LogP contribution in [0.25, 0.3) is 0 Å². The molecule has 0 heterocycles. The van der Waals surface area contributed by atoms with Gasteiger partial charge in [-0.3, -0.25) is 9.69 Å². The van der Waals surface area contributed by atoms with E-state index in [0.29, 0.717) is 0 Å². The standard InChI is InChI=1S/C7H13NO4S.C3H4O2.2Na/c1-4-7(9)6(8(2)3)5-13(10,11)12;1-2-3(4)5;;/h4,6H,1,5H2,2-3H3,(H,10,11,12);2H,1H2,(H,4,5);;/q;;2*+1/p-2. The minimum atomic E-state index is -4.38. The topological polar surface area (TPSA) is 118 Å². The SMILES string of the molecule is C=CC(=O)C(CS(=O)(=O)[O-])N(C)C.C=CC(=O)[O-].[Na+].[Na+]. The van der Waals surface area contributed by atoms with E-state index in [-0.39, 0.29) is 59.1 Å². The first-order valence-corrected chi connectivity index (χ1v) is 6.22. The molecule has 0 saturated carbocycles. The van der Waals surface area contributed by atoms with Crippen molar-refractivity contribution in [1.82, 2.24) is 4.90 Å². The maximum absolute atomic E-state index is 11.1. The molecule has 0 bridgehead atoms. The molecule has 0 aromatic rings. The Morgan fingerprint density at radius 2 is 1.55 bits per heavy atom. The van der Waals surface area contributed by atoms with E-state index in [1.54, 1.807) is 0 Å². The van der Waals surface area contributed by atoms with Crippen molar-refractivity contribution in [2.75, 3.05) is 19.8 Å². The van der Waals surface area contributed by atoms with Crippen LogP contribution in [0.2, 0.25) is 0 Å². The predicted molar refractivity (Wildman–Crippen MR) is 62.4 cm³/mol. The normalized spacial score (nSPS) is 10.8. The molecule has 20 heavy (non-hydrogen) atoms. The van der Waals surface area contributed by atoms with E-state index in [9.17, 15) is 17.8 Å². The summed E-state index contributed by atoms with van der Waals surface area (Å²) in [6.07, 6.45) is 1.73. The van der Waals surface area contributed by atoms with E-state index in [0.717, 1.165) is 12.2 Å². The van der Waals surface area contributed by atoms with Crippen LogP contribution in [0, 0.1) is 0 Å². The molecular formula is C10H15NNa2O6S. The fourth-order valence-electron chi connectivity index (χ4n) is 0.815. The first-order valence-electron chi connectivity index (χ1n) is 4.64. The predicted octanol–water partition coefficient (Wildman–Crippen LogP) is -7.85. The molecule has 0 aromatic carbocycles. The zero-order valence-corrected chi connectivity index (χ0v) is 17.0. The van der Waals surface area contributed by atoms with Crippen LogP contribution in [0.1, 0.15) is 0 Å². The maximum Gasteiger partial charge on any atom is 1.00 e. The monoisotopic (exact) mass is 323 g/mol. The molecular weight excluding hydrogens is 308 g/mol. The van der Waals surface area contributed by atoms with E-state index in [2.05, 4.69) is 13.2 Å². The summed E-state index contributed by atoms with van der Waals surface area (Å²) in [6, 6.07) is -0.931. The Kier molecular flexibility index (Phi) is 20.6. The van der Waals surface area contributed by atoms with Gasteiger partial charge in [-0.05, 0) is 26.2 Å². The van der Waals surface area contributed by atoms with Crippen LogP contribution in [0.5, 0.6) is 0 Å². The minimum absolute atomic E-state index is 0. The number of carboxylic acids is 1. The molecule has 0 aliphatic carbocycles. The van der Waals surface area contributed by atoms with Crippen molar-refractivity contribution in [3.05, 3.63) is 25.3 Å². The molecule has 0 aliphatic heterocycles. The fourth-order valence-corrected chi connectivity index (χ4v) is 1.66. The van der Waals surface area contributed by atoms with Crippen LogP contribution in [0.3, 0.4) is 0 Å². The van der Waals surface area contributed by atoms with Crippen molar-refractivity contribution in [2.24, 2.45) is 0 Å². The van der Waals surface area contributed by atoms with Gasteiger partial charge in [-0.2, -0.15) is 0 Å². The molecule has 104 valence electrons. The van der Waals surface area contributed by atoms with Gasteiger partial charge in [-0.15, -0.1) is 0 Å². The number of aliphatic carboxylic acids is 1. The summed E-state index contributed by atoms with van der Waals surface area (Å²) in [5, 5.41) is 9.14. The van der Waals surface area contributed by atoms with Gasteiger partial charge in [0, 0.05) is 0 Å². The number of carbonyl (C=O) groups is 2. The van der Waals surface area contributed by atoms with E-state index in [1.165, 1.54) is 19.0 Å². The second-order valence-electron chi connectivity index (χ2n) is 3.33. The van der Waals surface area contributed by atoms with Crippen LogP contribution < -0.4 is 64.2 Å². The van der Waals surface area contributed by atoms with Gasteiger partial charge in [0.1, 0.15) is 0 Å². The molecule has 0 saturated heterocycles. The summed E-state index contributed by atoms with van der Waals surface area (Å²) >= 11 is 0. The summed E-state index contributed by atoms with van der Waals surface area (Å²) in [4.78, 5) is 21.6. The molecule has 0 amide bonds. The van der Waals surface area contributed by atoms with Crippen molar-refractivity contribution in [3.63, 3.8) is 0 Å². The van der Waals surface area contributed by atoms with Gasteiger partial charge < -0.3 is 14.5 Å². The third kappa shape index (κ3) is 18.5. The average molecular weight is 323 g/mol. The second kappa shape index (κ2) is 14.4. The van der Waals surface area contributed by atoms with E-state index < -0.39 is 33.7 Å². The summed E-state index contributed by atoms with van der Waals surface area (Å²) in [5.41, 5.74) is 0. The Labute approximate surface area is 163 Å². The summed E-state index contributed by atoms with van der Waals surface area (Å²) in [6.45, 7) is 6.12. The largest absolute Gasteiger partial charge is 1.00 e. The maximum atomic E-state index is 11.1. The van der Waals surface area contributed by atoms with Gasteiger partial charge in [0.05, 0.1) is 27.9 Å². The molecule has 1 unspecified atom stereocenters. The van der Waals surface area contributed by atoms with Crippen molar-refractivity contribution in [2.45, 2.75) is 6.04 Å².